The van der Waals surface area contributed by atoms with E-state index in [1.54, 1.807) is 0 Å². The van der Waals surface area contributed by atoms with Crippen LogP contribution >= 0.6 is 0 Å². The van der Waals surface area contributed by atoms with Gasteiger partial charge in [0.05, 0.1) is 7.28 Å². The van der Waals surface area contributed by atoms with Crippen molar-refractivity contribution < 1.29 is 0 Å². The van der Waals surface area contributed by atoms with Crippen LogP contribution in [0.1, 0.15) is 0 Å². The van der Waals surface area contributed by atoms with Gasteiger partial charge in [0.25, 0.3) is 0 Å². The zero-order valence-corrected chi connectivity index (χ0v) is 5.04. The van der Waals surface area contributed by atoms with Crippen LogP contribution in [0.15, 0.2) is 0 Å². The molecule has 29 valence electrons. The van der Waals surface area contributed by atoms with Gasteiger partial charge in [-0.25, -0.2) is 0 Å². The number of rotatable bonds is 2. The van der Waals surface area contributed by atoms with E-state index in [0.717, 1.165) is 7.28 Å². The molecular formula is C2B7. The molecule has 0 unspecified atom stereocenters. The molecule has 0 saturated carbocycles. The third-order valence-corrected chi connectivity index (χ3v) is 0.500. The molecule has 0 heterocycles. The zero-order valence-electron chi connectivity index (χ0n) is 5.04. The topological polar surface area (TPSA) is 0 Å². The van der Waals surface area contributed by atoms with E-state index in [0.29, 0.717) is 0 Å². The predicted octanol–water partition coefficient (Wildman–Crippen LogP) is -2.24. The molecule has 0 fully saturated rings. The molecule has 13 radical (unpaired) electrons. The van der Waals surface area contributed by atoms with Gasteiger partial charge in [-0.05, 0) is 0 Å². The minimum atomic E-state index is -1.52. The van der Waals surface area contributed by atoms with Crippen molar-refractivity contribution in [3.05, 3.63) is 0 Å². The van der Waals surface area contributed by atoms with Gasteiger partial charge in [-0.3, -0.25) is 0 Å². The predicted molar refractivity (Wildman–Crippen MR) is 45.7 cm³/mol. The molecule has 0 aliphatic heterocycles. The summed E-state index contributed by atoms with van der Waals surface area (Å²) in [5.74, 6) is 0. The van der Waals surface area contributed by atoms with Crippen LogP contribution in [-0.4, -0.2) is 54.4 Å². The minimum Gasteiger partial charge on any atom is -0.159 e. The Morgan fingerprint density at radius 2 is 0.889 bits per heavy atom. The highest BCUT2D eigenvalue weighted by Gasteiger charge is 2.19. The molecule has 7 heteroatoms. The highest BCUT2D eigenvalue weighted by Crippen LogP contribution is 2.18. The number of hydrogen-bond acceptors (Lipinski definition) is 0. The molecule has 0 aliphatic rings. The van der Waals surface area contributed by atoms with E-state index in [2.05, 4.69) is 0 Å². The van der Waals surface area contributed by atoms with Gasteiger partial charge in [0.1, 0.15) is 0 Å². The fourth-order valence-corrected chi connectivity index (χ4v) is 0.433. The Hall–Kier alpha value is 0.455. The van der Waals surface area contributed by atoms with E-state index < -0.39 is 10.0 Å². The lowest BCUT2D eigenvalue weighted by atomic mass is 9.10. The molecular weight excluding hydrogens is 99.7 g/mol. The Kier molecular flexibility index (Phi) is 2.73. The summed E-state index contributed by atoms with van der Waals surface area (Å²) in [5, 5.41) is -3.03. The van der Waals surface area contributed by atoms with Crippen molar-refractivity contribution in [1.82, 2.24) is 0 Å². The lowest BCUT2D eigenvalue weighted by molar-refractivity contribution is 1.51. The van der Waals surface area contributed by atoms with Crippen molar-refractivity contribution in [2.45, 2.75) is 10.0 Å². The third kappa shape index (κ3) is 8.45. The lowest BCUT2D eigenvalue weighted by Gasteiger charge is -2.29. The van der Waals surface area contributed by atoms with Crippen molar-refractivity contribution in [3.8, 4) is 0 Å². The molecule has 0 aromatic heterocycles. The summed E-state index contributed by atoms with van der Waals surface area (Å²) in [4.78, 5) is 0. The van der Waals surface area contributed by atoms with Crippen LogP contribution in [0.5, 0.6) is 0 Å². The quantitative estimate of drug-likeness (QED) is 0.344. The maximum absolute atomic E-state index is 5.08. The molecule has 0 aromatic carbocycles. The van der Waals surface area contributed by atoms with E-state index >= 15 is 0 Å². The third-order valence-electron chi connectivity index (χ3n) is 0.500. The summed E-state index contributed by atoms with van der Waals surface area (Å²) in [7, 11) is 31.5. The monoisotopic (exact) mass is 101 g/mol. The Morgan fingerprint density at radius 1 is 0.667 bits per heavy atom. The van der Waals surface area contributed by atoms with Crippen LogP contribution in [0.3, 0.4) is 0 Å². The van der Waals surface area contributed by atoms with Crippen molar-refractivity contribution in [2.75, 3.05) is 0 Å². The van der Waals surface area contributed by atoms with E-state index in [4.69, 9.17) is 47.1 Å². The molecule has 0 aliphatic carbocycles. The molecule has 0 bridgehead atoms. The smallest absolute Gasteiger partial charge is 0.0675 e. The summed E-state index contributed by atoms with van der Waals surface area (Å²) in [6.45, 7) is 0. The summed E-state index contributed by atoms with van der Waals surface area (Å²) in [6.07, 6.45) is 0. The van der Waals surface area contributed by atoms with Gasteiger partial charge < -0.3 is 0 Å². The molecule has 0 spiro atoms. The van der Waals surface area contributed by atoms with E-state index in [9.17, 15) is 0 Å². The largest absolute Gasteiger partial charge is 0.159 e. The van der Waals surface area contributed by atoms with E-state index in [-0.39, 0.29) is 0 Å². The molecule has 0 aromatic rings. The molecule has 0 amide bonds. The fourth-order valence-electron chi connectivity index (χ4n) is 0.433. The van der Waals surface area contributed by atoms with Crippen molar-refractivity contribution in [2.24, 2.45) is 0 Å². The summed E-state index contributed by atoms with van der Waals surface area (Å²) in [5.41, 5.74) is 0. The van der Waals surface area contributed by atoms with Crippen LogP contribution in [0.2, 0.25) is 10.0 Å². The highest BCUT2D eigenvalue weighted by molar-refractivity contribution is 6.94. The van der Waals surface area contributed by atoms with Gasteiger partial charge >= 0.3 is 0 Å². The molecule has 0 nitrogen and oxygen atoms in total. The first kappa shape index (κ1) is 9.45. The van der Waals surface area contributed by atoms with Crippen LogP contribution < -0.4 is 0 Å². The highest BCUT2D eigenvalue weighted by atomic mass is 13.7. The Bertz CT molecular complexity index is 72.1. The molecule has 9 heavy (non-hydrogen) atoms. The maximum atomic E-state index is 5.08. The van der Waals surface area contributed by atoms with E-state index in [1.807, 2.05) is 0 Å². The average molecular weight is 99.7 g/mol. The van der Waals surface area contributed by atoms with E-state index in [1.165, 1.54) is 0 Å². The van der Waals surface area contributed by atoms with Crippen molar-refractivity contribution in [3.63, 3.8) is 0 Å². The Morgan fingerprint density at radius 3 is 0.889 bits per heavy atom. The summed E-state index contributed by atoms with van der Waals surface area (Å²) < 4.78 is 0. The second-order valence-electron chi connectivity index (χ2n) is 2.14. The van der Waals surface area contributed by atoms with Gasteiger partial charge in [0.15, 0.2) is 0 Å². The first-order valence-electron chi connectivity index (χ1n) is 2.31. The summed E-state index contributed by atoms with van der Waals surface area (Å²) >= 11 is 0. The van der Waals surface area contributed by atoms with Crippen LogP contribution in [0.4, 0.5) is 0 Å². The average Bonchev–Trinajstić information content (AvgIpc) is 1.14. The normalized spacial score (nSPS) is 12.9. The first-order valence-corrected chi connectivity index (χ1v) is 2.31. The fraction of sp³-hybridized carbons (Fsp3) is 1.00. The lowest BCUT2D eigenvalue weighted by Crippen LogP contribution is -2.34. The van der Waals surface area contributed by atoms with Gasteiger partial charge in [0, 0.05) is 47.1 Å². The zero-order chi connectivity index (χ0) is 7.71. The van der Waals surface area contributed by atoms with Gasteiger partial charge in [-0.1, -0.05) is 0 Å². The van der Waals surface area contributed by atoms with Gasteiger partial charge in [-0.2, -0.15) is 10.0 Å². The molecule has 0 rings (SSSR count). The maximum Gasteiger partial charge on any atom is 0.0675 e. The second-order valence-corrected chi connectivity index (χ2v) is 2.14. The Balaban J connectivity index is 3.75. The minimum absolute atomic E-state index is 1.04. The second kappa shape index (κ2) is 2.60. The van der Waals surface area contributed by atoms with Crippen LogP contribution in [0, 0.1) is 0 Å². The molecule has 0 saturated heterocycles. The van der Waals surface area contributed by atoms with Gasteiger partial charge in [0.2, 0.25) is 0 Å². The van der Waals surface area contributed by atoms with Crippen LogP contribution in [0.25, 0.3) is 0 Å². The standard InChI is InChI=1S/C2B7/c3-1(4,5)9-2(6,7)8. The van der Waals surface area contributed by atoms with Crippen molar-refractivity contribution >= 4 is 54.4 Å². The van der Waals surface area contributed by atoms with Crippen molar-refractivity contribution in [1.29, 1.82) is 0 Å². The van der Waals surface area contributed by atoms with Gasteiger partial charge in [-0.15, -0.1) is 0 Å². The number of hydrogen-bond donors (Lipinski definition) is 0. The SMILES string of the molecule is [B]C([B])([B])[B]C([B])([B])[B]. The van der Waals surface area contributed by atoms with Crippen LogP contribution in [-0.2, 0) is 0 Å². The first-order chi connectivity index (χ1) is 3.71. The summed E-state index contributed by atoms with van der Waals surface area (Å²) in [6, 6.07) is 0. The molecule has 0 atom stereocenters. The Labute approximate surface area is 65.0 Å². The molecule has 0 N–H and O–H groups in total.